The minimum Gasteiger partial charge on any atom is -0.261 e. The summed E-state index contributed by atoms with van der Waals surface area (Å²) in [5.74, 6) is 0.177. The normalized spacial score (nSPS) is 14.6. The maximum Gasteiger partial charge on any atom is 0.0757 e. The number of halogens is 3. The molecule has 0 spiro atoms. The molecule has 17 heavy (non-hydrogen) atoms. The number of hydrogen-bond donors (Lipinski definition) is 0. The van der Waals surface area contributed by atoms with Crippen LogP contribution in [-0.4, -0.2) is 4.98 Å². The first-order valence-corrected chi connectivity index (χ1v) is 7.93. The second-order valence-electron chi connectivity index (χ2n) is 3.72. The van der Waals surface area contributed by atoms with Crippen molar-refractivity contribution in [3.8, 4) is 0 Å². The number of rotatable bonds is 3. The fraction of sp³-hybridized carbons (Fsp3) is 0.250. The predicted molar refractivity (Wildman–Crippen MR) is 81.0 cm³/mol. The van der Waals surface area contributed by atoms with Gasteiger partial charge in [0.1, 0.15) is 0 Å². The Hall–Kier alpha value is 0.1000. The van der Waals surface area contributed by atoms with Crippen LogP contribution >= 0.6 is 54.8 Å². The van der Waals surface area contributed by atoms with E-state index in [1.54, 1.807) is 17.5 Å². The molecule has 2 aromatic heterocycles. The maximum absolute atomic E-state index is 6.53. The van der Waals surface area contributed by atoms with Crippen molar-refractivity contribution < 1.29 is 0 Å². The highest BCUT2D eigenvalue weighted by Gasteiger charge is 2.23. The predicted octanol–water partition coefficient (Wildman–Crippen LogP) is 5.75. The average Bonchev–Trinajstić information content (AvgIpc) is 2.68. The van der Waals surface area contributed by atoms with Gasteiger partial charge in [-0.3, -0.25) is 4.98 Å². The molecule has 0 bridgehead atoms. The molecule has 0 aliphatic rings. The summed E-state index contributed by atoms with van der Waals surface area (Å²) in [5, 5.41) is -0.0816. The van der Waals surface area contributed by atoms with Gasteiger partial charge in [0, 0.05) is 17.8 Å². The number of alkyl halides is 1. The van der Waals surface area contributed by atoms with Gasteiger partial charge < -0.3 is 0 Å². The molecule has 0 N–H and O–H groups in total. The summed E-state index contributed by atoms with van der Waals surface area (Å²) in [5.41, 5.74) is 2.13. The molecule has 0 saturated heterocycles. The highest BCUT2D eigenvalue weighted by atomic mass is 79.9. The monoisotopic (exact) mass is 393 g/mol. The smallest absolute Gasteiger partial charge is 0.0757 e. The standard InChI is InChI=1S/C12H10Br2ClNS/c1-7(9-4-2-3-5-16-9)11(15)8-6-10(13)17-12(8)14/h2-7,11H,1H3. The molecule has 0 saturated carbocycles. The SMILES string of the molecule is CC(c1ccccn1)C(Cl)c1cc(Br)sc1Br. The van der Waals surface area contributed by atoms with E-state index in [1.807, 2.05) is 18.2 Å². The lowest BCUT2D eigenvalue weighted by Gasteiger charge is -2.17. The van der Waals surface area contributed by atoms with Crippen molar-refractivity contribution in [2.45, 2.75) is 18.2 Å². The van der Waals surface area contributed by atoms with Crippen molar-refractivity contribution in [3.63, 3.8) is 0 Å². The van der Waals surface area contributed by atoms with Crippen LogP contribution in [0.4, 0.5) is 0 Å². The Bertz CT molecular complexity index is 500. The van der Waals surface area contributed by atoms with E-state index in [9.17, 15) is 0 Å². The molecule has 0 amide bonds. The van der Waals surface area contributed by atoms with Crippen molar-refractivity contribution in [3.05, 3.63) is 49.3 Å². The summed E-state index contributed by atoms with van der Waals surface area (Å²) in [6, 6.07) is 7.97. The zero-order valence-corrected chi connectivity index (χ0v) is 13.8. The molecule has 1 nitrogen and oxygen atoms in total. The summed E-state index contributed by atoms with van der Waals surface area (Å²) in [4.78, 5) is 4.35. The maximum atomic E-state index is 6.53. The van der Waals surface area contributed by atoms with Crippen LogP contribution in [-0.2, 0) is 0 Å². The van der Waals surface area contributed by atoms with Crippen molar-refractivity contribution in [2.24, 2.45) is 0 Å². The number of hydrogen-bond acceptors (Lipinski definition) is 2. The molecule has 2 unspecified atom stereocenters. The fourth-order valence-electron chi connectivity index (χ4n) is 1.61. The van der Waals surface area contributed by atoms with Crippen LogP contribution in [0.5, 0.6) is 0 Å². The van der Waals surface area contributed by atoms with Gasteiger partial charge in [-0.15, -0.1) is 22.9 Å². The van der Waals surface area contributed by atoms with E-state index >= 15 is 0 Å². The van der Waals surface area contributed by atoms with E-state index in [0.29, 0.717) is 0 Å². The molecule has 0 radical (unpaired) electrons. The Balaban J connectivity index is 2.26. The number of pyridine rings is 1. The molecule has 0 aliphatic heterocycles. The molecular weight excluding hydrogens is 385 g/mol. The lowest BCUT2D eigenvalue weighted by atomic mass is 9.99. The van der Waals surface area contributed by atoms with Crippen LogP contribution in [0.25, 0.3) is 0 Å². The van der Waals surface area contributed by atoms with Crippen molar-refractivity contribution >= 4 is 54.8 Å². The average molecular weight is 396 g/mol. The minimum absolute atomic E-state index is 0.0816. The van der Waals surface area contributed by atoms with E-state index < -0.39 is 0 Å². The van der Waals surface area contributed by atoms with Gasteiger partial charge in [0.15, 0.2) is 0 Å². The van der Waals surface area contributed by atoms with Crippen LogP contribution in [0.2, 0.25) is 0 Å². The zero-order chi connectivity index (χ0) is 12.4. The van der Waals surface area contributed by atoms with Gasteiger partial charge in [-0.25, -0.2) is 0 Å². The summed E-state index contributed by atoms with van der Waals surface area (Å²) in [7, 11) is 0. The third-order valence-electron chi connectivity index (χ3n) is 2.57. The second kappa shape index (κ2) is 5.83. The van der Waals surface area contributed by atoms with Crippen LogP contribution in [0, 0.1) is 0 Å². The summed E-state index contributed by atoms with van der Waals surface area (Å²) < 4.78 is 2.16. The van der Waals surface area contributed by atoms with Gasteiger partial charge in [-0.05, 0) is 55.6 Å². The third kappa shape index (κ3) is 3.11. The topological polar surface area (TPSA) is 12.9 Å². The molecule has 2 heterocycles. The van der Waals surface area contributed by atoms with Crippen LogP contribution in [0.3, 0.4) is 0 Å². The fourth-order valence-corrected chi connectivity index (χ4v) is 5.03. The highest BCUT2D eigenvalue weighted by Crippen LogP contribution is 2.43. The van der Waals surface area contributed by atoms with Crippen molar-refractivity contribution in [1.82, 2.24) is 4.98 Å². The molecule has 0 aromatic carbocycles. The van der Waals surface area contributed by atoms with E-state index in [0.717, 1.165) is 18.8 Å². The van der Waals surface area contributed by atoms with Crippen molar-refractivity contribution in [1.29, 1.82) is 0 Å². The lowest BCUT2D eigenvalue weighted by molar-refractivity contribution is 0.706. The first kappa shape index (κ1) is 13.5. The molecular formula is C12H10Br2ClNS. The van der Waals surface area contributed by atoms with Crippen LogP contribution in [0.15, 0.2) is 38.0 Å². The summed E-state index contributed by atoms with van der Waals surface area (Å²) in [6.45, 7) is 2.10. The van der Waals surface area contributed by atoms with E-state index in [-0.39, 0.29) is 11.3 Å². The molecule has 90 valence electrons. The first-order valence-electron chi connectivity index (χ1n) is 5.09. The Labute approximate surface area is 126 Å². The Morgan fingerprint density at radius 1 is 1.35 bits per heavy atom. The number of aromatic nitrogens is 1. The van der Waals surface area contributed by atoms with Crippen LogP contribution < -0.4 is 0 Å². The lowest BCUT2D eigenvalue weighted by Crippen LogP contribution is -2.03. The zero-order valence-electron chi connectivity index (χ0n) is 9.03. The molecule has 0 aliphatic carbocycles. The van der Waals surface area contributed by atoms with Crippen molar-refractivity contribution in [2.75, 3.05) is 0 Å². The van der Waals surface area contributed by atoms with Gasteiger partial charge >= 0.3 is 0 Å². The third-order valence-corrected chi connectivity index (χ3v) is 5.57. The van der Waals surface area contributed by atoms with E-state index in [1.165, 1.54) is 0 Å². The molecule has 5 heteroatoms. The van der Waals surface area contributed by atoms with Gasteiger partial charge in [0.2, 0.25) is 0 Å². The largest absolute Gasteiger partial charge is 0.261 e. The Morgan fingerprint density at radius 2 is 2.12 bits per heavy atom. The second-order valence-corrected chi connectivity index (χ2v) is 7.94. The number of nitrogens with zero attached hydrogens (tertiary/aromatic N) is 1. The number of thiophene rings is 1. The molecule has 2 aromatic rings. The quantitative estimate of drug-likeness (QED) is 0.603. The van der Waals surface area contributed by atoms with Gasteiger partial charge in [-0.1, -0.05) is 13.0 Å². The van der Waals surface area contributed by atoms with Gasteiger partial charge in [-0.2, -0.15) is 0 Å². The minimum atomic E-state index is -0.0816. The van der Waals surface area contributed by atoms with Gasteiger partial charge in [0.05, 0.1) is 12.9 Å². The van der Waals surface area contributed by atoms with E-state index in [2.05, 4.69) is 49.8 Å². The molecule has 2 rings (SSSR count). The van der Waals surface area contributed by atoms with Gasteiger partial charge in [0.25, 0.3) is 0 Å². The van der Waals surface area contributed by atoms with Crippen LogP contribution in [0.1, 0.15) is 29.5 Å². The highest BCUT2D eigenvalue weighted by molar-refractivity contribution is 9.12. The molecule has 2 atom stereocenters. The Morgan fingerprint density at radius 3 is 2.65 bits per heavy atom. The molecule has 0 fully saturated rings. The van der Waals surface area contributed by atoms with E-state index in [4.69, 9.17) is 11.6 Å². The Kier molecular flexibility index (Phi) is 4.64. The first-order chi connectivity index (χ1) is 8.09. The summed E-state index contributed by atoms with van der Waals surface area (Å²) in [6.07, 6.45) is 1.80. The summed E-state index contributed by atoms with van der Waals surface area (Å²) >= 11 is 15.2.